The van der Waals surface area contributed by atoms with E-state index in [1.165, 1.54) is 29.0 Å². The number of hydrogen-bond donors (Lipinski definition) is 1. The van der Waals surface area contributed by atoms with Crippen molar-refractivity contribution in [3.63, 3.8) is 0 Å². The van der Waals surface area contributed by atoms with Crippen molar-refractivity contribution in [1.82, 2.24) is 9.88 Å². The molecule has 0 saturated carbocycles. The Balaban J connectivity index is 1.59. The second-order valence-corrected chi connectivity index (χ2v) is 7.72. The molecule has 4 rings (SSSR count). The summed E-state index contributed by atoms with van der Waals surface area (Å²) in [6.45, 7) is 3.61. The average molecular weight is 318 g/mol. The number of para-hydroxylation sites is 1. The van der Waals surface area contributed by atoms with Crippen LogP contribution in [-0.2, 0) is 4.74 Å². The first-order valence-electron chi connectivity index (χ1n) is 8.08. The van der Waals surface area contributed by atoms with Gasteiger partial charge < -0.3 is 9.84 Å². The smallest absolute Gasteiger partial charge is 0.111 e. The third kappa shape index (κ3) is 2.56. The number of aliphatic hydroxyl groups excluding tert-OH is 1. The van der Waals surface area contributed by atoms with E-state index in [2.05, 4.69) is 29.2 Å². The largest absolute Gasteiger partial charge is 0.396 e. The van der Waals surface area contributed by atoms with Crippen molar-refractivity contribution >= 4 is 21.6 Å². The van der Waals surface area contributed by atoms with Gasteiger partial charge in [0, 0.05) is 6.54 Å². The SMILES string of the molecule is OCC1(CN2CCCCC2c2nc3ccccc3s2)COC1. The molecule has 2 saturated heterocycles. The van der Waals surface area contributed by atoms with E-state index in [1.807, 2.05) is 11.3 Å². The molecular weight excluding hydrogens is 296 g/mol. The highest BCUT2D eigenvalue weighted by molar-refractivity contribution is 7.18. The molecule has 1 N–H and O–H groups in total. The molecule has 1 aromatic heterocycles. The van der Waals surface area contributed by atoms with Crippen LogP contribution in [0.3, 0.4) is 0 Å². The number of likely N-dealkylation sites (tertiary alicyclic amines) is 1. The van der Waals surface area contributed by atoms with Gasteiger partial charge in [0.15, 0.2) is 0 Å². The molecule has 4 nitrogen and oxygen atoms in total. The Morgan fingerprint density at radius 3 is 2.91 bits per heavy atom. The van der Waals surface area contributed by atoms with Crippen molar-refractivity contribution in [3.8, 4) is 0 Å². The van der Waals surface area contributed by atoms with Crippen molar-refractivity contribution in [1.29, 1.82) is 0 Å². The fourth-order valence-electron chi connectivity index (χ4n) is 3.55. The summed E-state index contributed by atoms with van der Waals surface area (Å²) in [5.74, 6) is 0. The van der Waals surface area contributed by atoms with Gasteiger partial charge in [0.1, 0.15) is 5.01 Å². The number of aliphatic hydroxyl groups is 1. The molecule has 1 atom stereocenters. The quantitative estimate of drug-likeness (QED) is 0.941. The van der Waals surface area contributed by atoms with Crippen LogP contribution in [0.5, 0.6) is 0 Å². The number of benzene rings is 1. The van der Waals surface area contributed by atoms with Gasteiger partial charge in [0.25, 0.3) is 0 Å². The summed E-state index contributed by atoms with van der Waals surface area (Å²) >= 11 is 1.82. The van der Waals surface area contributed by atoms with Gasteiger partial charge in [0.2, 0.25) is 0 Å². The number of nitrogens with zero attached hydrogens (tertiary/aromatic N) is 2. The highest BCUT2D eigenvalue weighted by Gasteiger charge is 2.42. The van der Waals surface area contributed by atoms with Crippen LogP contribution in [0.15, 0.2) is 24.3 Å². The van der Waals surface area contributed by atoms with Crippen LogP contribution in [0.25, 0.3) is 10.2 Å². The van der Waals surface area contributed by atoms with Gasteiger partial charge in [-0.1, -0.05) is 18.6 Å². The zero-order chi connectivity index (χ0) is 15.0. The Morgan fingerprint density at radius 2 is 2.18 bits per heavy atom. The summed E-state index contributed by atoms with van der Waals surface area (Å²) < 4.78 is 6.63. The van der Waals surface area contributed by atoms with E-state index >= 15 is 0 Å². The number of ether oxygens (including phenoxy) is 1. The lowest BCUT2D eigenvalue weighted by Gasteiger charge is -2.46. The maximum absolute atomic E-state index is 9.72. The molecule has 2 fully saturated rings. The fraction of sp³-hybridized carbons (Fsp3) is 0.588. The van der Waals surface area contributed by atoms with Crippen LogP contribution in [0.1, 0.15) is 30.3 Å². The lowest BCUT2D eigenvalue weighted by atomic mass is 9.85. The van der Waals surface area contributed by atoms with Crippen LogP contribution >= 0.6 is 11.3 Å². The standard InChI is InChI=1S/C17H22N2O2S/c20-10-17(11-21-12-17)9-19-8-4-3-6-14(19)16-18-13-5-1-2-7-15(13)22-16/h1-2,5,7,14,20H,3-4,6,8-12H2. The summed E-state index contributed by atoms with van der Waals surface area (Å²) in [5.41, 5.74) is 1.06. The first-order chi connectivity index (χ1) is 10.8. The molecule has 0 bridgehead atoms. The third-order valence-electron chi connectivity index (χ3n) is 4.90. The molecule has 0 spiro atoms. The van der Waals surface area contributed by atoms with Crippen molar-refractivity contribution < 1.29 is 9.84 Å². The number of rotatable bonds is 4. The Bertz CT molecular complexity index is 614. The maximum Gasteiger partial charge on any atom is 0.111 e. The molecule has 2 aliphatic heterocycles. The summed E-state index contributed by atoms with van der Waals surface area (Å²) in [6.07, 6.45) is 3.67. The zero-order valence-electron chi connectivity index (χ0n) is 12.7. The summed E-state index contributed by atoms with van der Waals surface area (Å²) in [5, 5.41) is 10.9. The first kappa shape index (κ1) is 14.6. The molecule has 2 aliphatic rings. The van der Waals surface area contributed by atoms with Crippen LogP contribution in [0.2, 0.25) is 0 Å². The van der Waals surface area contributed by atoms with Gasteiger partial charge in [-0.2, -0.15) is 0 Å². The van der Waals surface area contributed by atoms with Gasteiger partial charge in [-0.3, -0.25) is 4.90 Å². The number of piperidine rings is 1. The number of thiazole rings is 1. The normalized spacial score (nSPS) is 25.2. The maximum atomic E-state index is 9.72. The third-order valence-corrected chi connectivity index (χ3v) is 6.04. The minimum atomic E-state index is -0.0493. The Kier molecular flexibility index (Phi) is 3.90. The van der Waals surface area contributed by atoms with E-state index in [0.29, 0.717) is 19.3 Å². The highest BCUT2D eigenvalue weighted by atomic mass is 32.1. The van der Waals surface area contributed by atoms with Crippen LogP contribution in [-0.4, -0.2) is 47.9 Å². The molecule has 0 amide bonds. The van der Waals surface area contributed by atoms with Gasteiger partial charge in [0.05, 0.1) is 41.5 Å². The number of hydrogen-bond acceptors (Lipinski definition) is 5. The molecular formula is C17H22N2O2S. The summed E-state index contributed by atoms with van der Waals surface area (Å²) in [4.78, 5) is 7.40. The predicted molar refractivity (Wildman–Crippen MR) is 88.1 cm³/mol. The Hall–Kier alpha value is -1.01. The molecule has 0 aliphatic carbocycles. The Labute approximate surface area is 134 Å². The second kappa shape index (κ2) is 5.89. The minimum absolute atomic E-state index is 0.0493. The van der Waals surface area contributed by atoms with Gasteiger partial charge >= 0.3 is 0 Å². The number of aromatic nitrogens is 1. The van der Waals surface area contributed by atoms with E-state index < -0.39 is 0 Å². The molecule has 5 heteroatoms. The second-order valence-electron chi connectivity index (χ2n) is 6.65. The topological polar surface area (TPSA) is 45.6 Å². The highest BCUT2D eigenvalue weighted by Crippen LogP contribution is 2.38. The van der Waals surface area contributed by atoms with Gasteiger partial charge in [-0.15, -0.1) is 11.3 Å². The first-order valence-corrected chi connectivity index (χ1v) is 8.89. The zero-order valence-corrected chi connectivity index (χ0v) is 13.5. The Morgan fingerprint density at radius 1 is 1.32 bits per heavy atom. The van der Waals surface area contributed by atoms with Crippen molar-refractivity contribution in [2.45, 2.75) is 25.3 Å². The van der Waals surface area contributed by atoms with Crippen molar-refractivity contribution in [2.24, 2.45) is 5.41 Å². The van der Waals surface area contributed by atoms with Gasteiger partial charge in [-0.05, 0) is 31.5 Å². The van der Waals surface area contributed by atoms with Crippen LogP contribution in [0.4, 0.5) is 0 Å². The van der Waals surface area contributed by atoms with Crippen molar-refractivity contribution in [2.75, 3.05) is 32.9 Å². The predicted octanol–water partition coefficient (Wildman–Crippen LogP) is 2.83. The molecule has 1 aromatic carbocycles. The minimum Gasteiger partial charge on any atom is -0.396 e. The number of fused-ring (bicyclic) bond motifs is 1. The average Bonchev–Trinajstić information content (AvgIpc) is 2.95. The summed E-state index contributed by atoms with van der Waals surface area (Å²) in [7, 11) is 0. The molecule has 1 unspecified atom stereocenters. The lowest BCUT2D eigenvalue weighted by molar-refractivity contribution is -0.153. The molecule has 3 heterocycles. The van der Waals surface area contributed by atoms with Gasteiger partial charge in [-0.25, -0.2) is 4.98 Å². The lowest BCUT2D eigenvalue weighted by Crippen LogP contribution is -2.54. The molecule has 2 aromatic rings. The van der Waals surface area contributed by atoms with Crippen LogP contribution in [0, 0.1) is 5.41 Å². The fourth-order valence-corrected chi connectivity index (χ4v) is 4.68. The van der Waals surface area contributed by atoms with E-state index in [1.54, 1.807) is 0 Å². The monoisotopic (exact) mass is 318 g/mol. The molecule has 0 radical (unpaired) electrons. The summed E-state index contributed by atoms with van der Waals surface area (Å²) in [6, 6.07) is 8.78. The van der Waals surface area contributed by atoms with E-state index in [4.69, 9.17) is 9.72 Å². The van der Waals surface area contributed by atoms with E-state index in [-0.39, 0.29) is 12.0 Å². The molecule has 22 heavy (non-hydrogen) atoms. The molecule has 118 valence electrons. The van der Waals surface area contributed by atoms with E-state index in [0.717, 1.165) is 18.6 Å². The van der Waals surface area contributed by atoms with E-state index in [9.17, 15) is 5.11 Å². The van der Waals surface area contributed by atoms with Crippen molar-refractivity contribution in [3.05, 3.63) is 29.3 Å². The van der Waals surface area contributed by atoms with Crippen LogP contribution < -0.4 is 0 Å².